The number of amides is 1. The van der Waals surface area contributed by atoms with Crippen molar-refractivity contribution in [3.05, 3.63) is 29.8 Å². The third-order valence-corrected chi connectivity index (χ3v) is 7.39. The molecule has 0 aliphatic carbocycles. The number of rotatable bonds is 3. The van der Waals surface area contributed by atoms with Gasteiger partial charge in [-0.1, -0.05) is 0 Å². The molecule has 3 rings (SSSR count). The summed E-state index contributed by atoms with van der Waals surface area (Å²) >= 11 is 0. The first-order valence-electron chi connectivity index (χ1n) is 8.14. The van der Waals surface area contributed by atoms with Crippen LogP contribution < -0.4 is 5.73 Å². The van der Waals surface area contributed by atoms with Crippen molar-refractivity contribution in [1.29, 1.82) is 0 Å². The first kappa shape index (κ1) is 18.2. The number of carbonyl (C=O) groups is 1. The van der Waals surface area contributed by atoms with Crippen molar-refractivity contribution >= 4 is 15.9 Å². The largest absolute Gasteiger partial charge is 0.369 e. The fraction of sp³-hybridized carbons (Fsp3) is 0.562. The maximum absolute atomic E-state index is 14.0. The highest BCUT2D eigenvalue weighted by atomic mass is 32.2. The second-order valence-corrected chi connectivity index (χ2v) is 8.71. The van der Waals surface area contributed by atoms with Crippen LogP contribution in [0.3, 0.4) is 0 Å². The molecule has 2 heterocycles. The first-order valence-corrected chi connectivity index (χ1v) is 9.58. The fourth-order valence-electron chi connectivity index (χ4n) is 4.05. The Bertz CT molecular complexity index is 802. The topological polar surface area (TPSA) is 83.7 Å². The van der Waals surface area contributed by atoms with Crippen LogP contribution in [0, 0.1) is 17.0 Å². The van der Waals surface area contributed by atoms with Gasteiger partial charge in [0.2, 0.25) is 15.9 Å². The number of fused-ring (bicyclic) bond motifs is 1. The second kappa shape index (κ2) is 6.30. The van der Waals surface area contributed by atoms with Crippen LogP contribution in [0.1, 0.15) is 19.3 Å². The summed E-state index contributed by atoms with van der Waals surface area (Å²) in [7, 11) is -2.29. The van der Waals surface area contributed by atoms with Crippen LogP contribution in [-0.4, -0.2) is 56.3 Å². The van der Waals surface area contributed by atoms with E-state index in [-0.39, 0.29) is 19.1 Å². The number of likely N-dealkylation sites (tertiary alicyclic amines) is 1. The molecule has 0 spiro atoms. The number of benzene rings is 1. The minimum Gasteiger partial charge on any atom is -0.369 e. The van der Waals surface area contributed by atoms with Crippen LogP contribution >= 0.6 is 0 Å². The number of hydrogen-bond donors (Lipinski definition) is 1. The van der Waals surface area contributed by atoms with Gasteiger partial charge in [-0.3, -0.25) is 4.79 Å². The zero-order valence-corrected chi connectivity index (χ0v) is 14.7. The molecule has 9 heteroatoms. The molecule has 0 unspecified atom stereocenters. The molecule has 2 aliphatic rings. The van der Waals surface area contributed by atoms with E-state index in [1.54, 1.807) is 0 Å². The van der Waals surface area contributed by atoms with Gasteiger partial charge in [-0.15, -0.1) is 0 Å². The highest BCUT2D eigenvalue weighted by molar-refractivity contribution is 7.89. The number of piperidine rings is 2. The van der Waals surface area contributed by atoms with E-state index in [1.165, 1.54) is 0 Å². The molecule has 2 atom stereocenters. The predicted molar refractivity (Wildman–Crippen MR) is 87.0 cm³/mol. The van der Waals surface area contributed by atoms with Crippen LogP contribution in [0.2, 0.25) is 0 Å². The summed E-state index contributed by atoms with van der Waals surface area (Å²) in [6, 6.07) is 2.05. The Labute approximate surface area is 145 Å². The molecule has 2 N–H and O–H groups in total. The summed E-state index contributed by atoms with van der Waals surface area (Å²) in [5.74, 6) is -2.38. The predicted octanol–water partition coefficient (Wildman–Crippen LogP) is 0.925. The van der Waals surface area contributed by atoms with Gasteiger partial charge in [0.25, 0.3) is 0 Å². The van der Waals surface area contributed by atoms with E-state index in [1.807, 2.05) is 11.9 Å². The average Bonchev–Trinajstić information content (AvgIpc) is 2.54. The molecule has 1 aromatic rings. The summed E-state index contributed by atoms with van der Waals surface area (Å²) in [5.41, 5.74) is 4.88. The van der Waals surface area contributed by atoms with Crippen LogP contribution in [0.15, 0.2) is 23.1 Å². The van der Waals surface area contributed by atoms with Gasteiger partial charge in [0, 0.05) is 25.2 Å². The maximum Gasteiger partial charge on any atom is 0.246 e. The normalized spacial score (nSPS) is 28.5. The number of halogens is 2. The molecule has 0 saturated carbocycles. The summed E-state index contributed by atoms with van der Waals surface area (Å²) in [5, 5.41) is 0. The van der Waals surface area contributed by atoms with Gasteiger partial charge >= 0.3 is 0 Å². The Hall–Kier alpha value is -1.58. The van der Waals surface area contributed by atoms with E-state index in [2.05, 4.69) is 0 Å². The molecule has 1 aromatic carbocycles. The molecule has 1 amide bonds. The SMILES string of the molecule is CN1CCC[C@@]2(C(N)=O)CCN(S(=O)(=O)c3ccc(F)cc3F)C[C@H]12. The van der Waals surface area contributed by atoms with E-state index in [4.69, 9.17) is 5.73 Å². The number of likely N-dealkylation sites (N-methyl/N-ethyl adjacent to an activating group) is 1. The summed E-state index contributed by atoms with van der Waals surface area (Å²) in [6.45, 7) is 0.865. The molecular weight excluding hydrogens is 352 g/mol. The van der Waals surface area contributed by atoms with Crippen LogP contribution in [0.5, 0.6) is 0 Å². The third-order valence-electron chi connectivity index (χ3n) is 5.49. The lowest BCUT2D eigenvalue weighted by Gasteiger charge is -2.52. The van der Waals surface area contributed by atoms with Gasteiger partial charge < -0.3 is 10.6 Å². The van der Waals surface area contributed by atoms with Gasteiger partial charge in [0.15, 0.2) is 0 Å². The number of nitrogens with two attached hydrogens (primary N) is 1. The van der Waals surface area contributed by atoms with Crippen LogP contribution in [0.25, 0.3) is 0 Å². The molecule has 25 heavy (non-hydrogen) atoms. The monoisotopic (exact) mass is 373 g/mol. The van der Waals surface area contributed by atoms with Crippen molar-refractivity contribution in [2.45, 2.75) is 30.2 Å². The van der Waals surface area contributed by atoms with Crippen molar-refractivity contribution in [1.82, 2.24) is 9.21 Å². The Balaban J connectivity index is 1.94. The zero-order valence-electron chi connectivity index (χ0n) is 13.9. The highest BCUT2D eigenvalue weighted by Crippen LogP contribution is 2.42. The first-order chi connectivity index (χ1) is 11.7. The maximum atomic E-state index is 14.0. The molecule has 2 aliphatic heterocycles. The van der Waals surface area contributed by atoms with Gasteiger partial charge in [-0.05, 0) is 45.0 Å². The van der Waals surface area contributed by atoms with Gasteiger partial charge in [-0.2, -0.15) is 4.31 Å². The summed E-state index contributed by atoms with van der Waals surface area (Å²) in [4.78, 5) is 13.5. The van der Waals surface area contributed by atoms with Crippen molar-refractivity contribution in [2.24, 2.45) is 11.1 Å². The molecule has 2 saturated heterocycles. The Kier molecular flexibility index (Phi) is 4.59. The molecule has 138 valence electrons. The van der Waals surface area contributed by atoms with Crippen molar-refractivity contribution < 1.29 is 22.0 Å². The second-order valence-electron chi connectivity index (χ2n) is 6.81. The van der Waals surface area contributed by atoms with Gasteiger partial charge in [0.05, 0.1) is 5.41 Å². The lowest BCUT2D eigenvalue weighted by atomic mass is 9.68. The Morgan fingerprint density at radius 1 is 1.28 bits per heavy atom. The van der Waals surface area contributed by atoms with Crippen molar-refractivity contribution in [3.63, 3.8) is 0 Å². The minimum absolute atomic E-state index is 0.0542. The fourth-order valence-corrected chi connectivity index (χ4v) is 5.55. The summed E-state index contributed by atoms with van der Waals surface area (Å²) < 4.78 is 53.8. The van der Waals surface area contributed by atoms with Crippen molar-refractivity contribution in [3.8, 4) is 0 Å². The third kappa shape index (κ3) is 2.94. The lowest BCUT2D eigenvalue weighted by molar-refractivity contribution is -0.138. The van der Waals surface area contributed by atoms with Crippen molar-refractivity contribution in [2.75, 3.05) is 26.7 Å². The van der Waals surface area contributed by atoms with E-state index in [0.29, 0.717) is 18.9 Å². The Morgan fingerprint density at radius 3 is 2.64 bits per heavy atom. The van der Waals surface area contributed by atoms with Crippen LogP contribution in [0.4, 0.5) is 8.78 Å². The Morgan fingerprint density at radius 2 is 2.00 bits per heavy atom. The zero-order chi connectivity index (χ0) is 18.4. The quantitative estimate of drug-likeness (QED) is 0.854. The summed E-state index contributed by atoms with van der Waals surface area (Å²) in [6.07, 6.45) is 1.73. The molecular formula is C16H21F2N3O3S. The van der Waals surface area contributed by atoms with Crippen LogP contribution in [-0.2, 0) is 14.8 Å². The molecule has 6 nitrogen and oxygen atoms in total. The van der Waals surface area contributed by atoms with E-state index in [9.17, 15) is 22.0 Å². The number of carbonyl (C=O) groups excluding carboxylic acids is 1. The molecule has 0 bridgehead atoms. The highest BCUT2D eigenvalue weighted by Gasteiger charge is 2.52. The molecule has 0 aromatic heterocycles. The smallest absolute Gasteiger partial charge is 0.246 e. The number of nitrogens with zero attached hydrogens (tertiary/aromatic N) is 2. The van der Waals surface area contributed by atoms with E-state index >= 15 is 0 Å². The minimum atomic E-state index is -4.12. The van der Waals surface area contributed by atoms with Gasteiger partial charge in [-0.25, -0.2) is 17.2 Å². The number of sulfonamides is 1. The van der Waals surface area contributed by atoms with Gasteiger partial charge in [0.1, 0.15) is 16.5 Å². The van der Waals surface area contributed by atoms with E-state index < -0.39 is 37.9 Å². The molecule has 0 radical (unpaired) electrons. The lowest BCUT2D eigenvalue weighted by Crippen LogP contribution is -2.65. The molecule has 2 fully saturated rings. The average molecular weight is 373 g/mol. The standard InChI is InChI=1S/C16H21F2N3O3S/c1-20-7-2-5-16(15(19)22)6-8-21(10-14(16)20)25(23,24)13-4-3-11(17)9-12(13)18/h3-4,9,14H,2,5-8,10H2,1H3,(H2,19,22)/t14-,16+/m0/s1. The van der Waals surface area contributed by atoms with E-state index in [0.717, 1.165) is 29.4 Å². The number of primary amides is 1. The number of hydrogen-bond acceptors (Lipinski definition) is 4.